The van der Waals surface area contributed by atoms with Crippen molar-refractivity contribution in [2.75, 3.05) is 32.0 Å². The van der Waals surface area contributed by atoms with Gasteiger partial charge in [-0.25, -0.2) is 0 Å². The number of carbonyl (C=O) groups excluding carboxylic acids is 1. The lowest BCUT2D eigenvalue weighted by molar-refractivity contribution is -0.117. The zero-order chi connectivity index (χ0) is 35.3. The monoisotopic (exact) mass is 680 g/mol. The minimum Gasteiger partial charge on any atom is -0.507 e. The van der Waals surface area contributed by atoms with Crippen LogP contribution in [-0.2, 0) is 4.79 Å². The second-order valence-corrected chi connectivity index (χ2v) is 14.2. The number of phenols is 1. The summed E-state index contributed by atoms with van der Waals surface area (Å²) in [7, 11) is 4.42. The number of phenolic OH excluding ortho intramolecular Hbond substituents is 1. The molecule has 0 amide bonds. The third-order valence-electron chi connectivity index (χ3n) is 11.2. The molecule has 3 aliphatic carbocycles. The molecule has 11 nitrogen and oxygen atoms in total. The van der Waals surface area contributed by atoms with Gasteiger partial charge in [-0.15, -0.1) is 0 Å². The average molecular weight is 681 g/mol. The Morgan fingerprint density at radius 2 is 1.34 bits per heavy atom. The summed E-state index contributed by atoms with van der Waals surface area (Å²) >= 11 is 0. The van der Waals surface area contributed by atoms with Gasteiger partial charge >= 0.3 is 0 Å². The standard InChI is InChI=1S/C39H40N2O9/c1-15-10-21-27-32-29(37(46)36(21)41-18-7-9-20(44)12-18)23(45)14-25(49-4)31(32)30-24(48-3)13-22(40-17-6-8-19(43)11-17)28-34(30)33(27)35(26(15)16(2)42)39(50-5)38(28)47/h10,13-14,17-20,26,40-41,43-45H,6-9,11-12H2,1-5H3. The van der Waals surface area contributed by atoms with E-state index >= 15 is 0 Å². The number of aliphatic hydroxyl groups excluding tert-OH is 2. The maximum Gasteiger partial charge on any atom is 0.230 e. The van der Waals surface area contributed by atoms with Gasteiger partial charge in [0.1, 0.15) is 23.0 Å². The molecule has 0 saturated heterocycles. The highest BCUT2D eigenvalue weighted by Gasteiger charge is 2.38. The first-order chi connectivity index (χ1) is 24.0. The molecule has 50 heavy (non-hydrogen) atoms. The van der Waals surface area contributed by atoms with Crippen molar-refractivity contribution in [3.8, 4) is 23.0 Å². The minimum atomic E-state index is -0.892. The number of carbonyl (C=O) groups is 1. The summed E-state index contributed by atoms with van der Waals surface area (Å²) < 4.78 is 17.9. The van der Waals surface area contributed by atoms with Crippen molar-refractivity contribution < 1.29 is 34.3 Å². The molecule has 2 fully saturated rings. The van der Waals surface area contributed by atoms with E-state index in [1.165, 1.54) is 34.3 Å². The predicted molar refractivity (Wildman–Crippen MR) is 194 cm³/mol. The third kappa shape index (κ3) is 4.45. The summed E-state index contributed by atoms with van der Waals surface area (Å²) in [5, 5.41) is 42.7. The third-order valence-corrected chi connectivity index (χ3v) is 11.2. The van der Waals surface area contributed by atoms with Crippen LogP contribution in [0.1, 0.15) is 69.4 Å². The van der Waals surface area contributed by atoms with Crippen molar-refractivity contribution in [3.05, 3.63) is 49.3 Å². The fourth-order valence-electron chi connectivity index (χ4n) is 9.14. The number of ether oxygens (including phenoxy) is 3. The summed E-state index contributed by atoms with van der Waals surface area (Å²) in [6, 6.07) is 2.85. The van der Waals surface area contributed by atoms with Gasteiger partial charge in [0.05, 0.1) is 61.6 Å². The summed E-state index contributed by atoms with van der Waals surface area (Å²) in [5.41, 5.74) is 1.41. The van der Waals surface area contributed by atoms with Gasteiger partial charge in [0.25, 0.3) is 0 Å². The Morgan fingerprint density at radius 1 is 0.740 bits per heavy atom. The Balaban J connectivity index is 1.68. The normalized spacial score (nSPS) is 23.3. The number of benzene rings is 5. The Hall–Kier alpha value is -4.87. The van der Waals surface area contributed by atoms with E-state index in [0.29, 0.717) is 104 Å². The summed E-state index contributed by atoms with van der Waals surface area (Å²) in [5.74, 6) is -0.695. The van der Waals surface area contributed by atoms with E-state index < -0.39 is 29.0 Å². The molecule has 5 aromatic carbocycles. The zero-order valence-electron chi connectivity index (χ0n) is 28.7. The molecule has 0 radical (unpaired) electrons. The lowest BCUT2D eigenvalue weighted by atomic mass is 9.80. The first-order valence-electron chi connectivity index (χ1n) is 17.1. The van der Waals surface area contributed by atoms with Gasteiger partial charge in [0.2, 0.25) is 10.9 Å². The number of rotatable bonds is 8. The molecule has 0 aromatic heterocycles. The van der Waals surface area contributed by atoms with Gasteiger partial charge in [-0.1, -0.05) is 11.6 Å². The van der Waals surface area contributed by atoms with E-state index in [-0.39, 0.29) is 46.2 Å². The number of allylic oxidation sites excluding steroid dienone is 1. The largest absolute Gasteiger partial charge is 0.507 e. The van der Waals surface area contributed by atoms with Gasteiger partial charge in [-0.05, 0) is 57.8 Å². The van der Waals surface area contributed by atoms with Crippen LogP contribution in [0, 0.1) is 0 Å². The van der Waals surface area contributed by atoms with Crippen molar-refractivity contribution in [2.45, 2.75) is 82.6 Å². The highest BCUT2D eigenvalue weighted by molar-refractivity contribution is 6.40. The van der Waals surface area contributed by atoms with Crippen LogP contribution in [-0.4, -0.2) is 66.7 Å². The maximum absolute atomic E-state index is 14.9. The summed E-state index contributed by atoms with van der Waals surface area (Å²) in [6.45, 7) is 3.28. The van der Waals surface area contributed by atoms with Crippen LogP contribution in [0.3, 0.4) is 0 Å². The van der Waals surface area contributed by atoms with Crippen molar-refractivity contribution in [3.63, 3.8) is 0 Å². The molecular weight excluding hydrogens is 640 g/mol. The smallest absolute Gasteiger partial charge is 0.230 e. The topological polar surface area (TPSA) is 164 Å². The SMILES string of the molecule is COc1c2c3c4c(c(NC5CCC(O)C5)c(=O)c5c(O)cc(OC)c(c6c(OC)cc(NC7CCC(O)C7)c(c1=O)c63)c54)C=C(C)C2C(C)=O. The van der Waals surface area contributed by atoms with Crippen LogP contribution in [0.5, 0.6) is 23.0 Å². The molecule has 260 valence electrons. The second kappa shape index (κ2) is 11.6. The molecule has 0 spiro atoms. The number of anilines is 2. The Kier molecular flexibility index (Phi) is 7.50. The highest BCUT2D eigenvalue weighted by Crippen LogP contribution is 2.56. The fourth-order valence-corrected chi connectivity index (χ4v) is 9.14. The van der Waals surface area contributed by atoms with E-state index in [0.717, 1.165) is 0 Å². The molecule has 8 rings (SSSR count). The fraction of sp³-hybridized carbons (Fsp3) is 0.410. The molecule has 2 saturated carbocycles. The lowest BCUT2D eigenvalue weighted by Crippen LogP contribution is -2.23. The Morgan fingerprint density at radius 3 is 1.90 bits per heavy atom. The van der Waals surface area contributed by atoms with E-state index in [9.17, 15) is 29.7 Å². The van der Waals surface area contributed by atoms with Crippen molar-refractivity contribution in [2.24, 2.45) is 0 Å². The number of nitrogens with one attached hydrogen (secondary N) is 2. The van der Waals surface area contributed by atoms with Gasteiger partial charge < -0.3 is 40.2 Å². The van der Waals surface area contributed by atoms with Gasteiger partial charge in [-0.3, -0.25) is 14.4 Å². The summed E-state index contributed by atoms with van der Waals surface area (Å²) in [4.78, 5) is 43.3. The van der Waals surface area contributed by atoms with Crippen molar-refractivity contribution in [1.82, 2.24) is 0 Å². The molecule has 5 atom stereocenters. The molecule has 5 aromatic rings. The summed E-state index contributed by atoms with van der Waals surface area (Å²) in [6.07, 6.45) is 4.39. The highest BCUT2D eigenvalue weighted by atomic mass is 16.5. The number of methoxy groups -OCH3 is 3. The zero-order valence-corrected chi connectivity index (χ0v) is 28.7. The van der Waals surface area contributed by atoms with Crippen molar-refractivity contribution >= 4 is 66.3 Å². The average Bonchev–Trinajstić information content (AvgIpc) is 3.65. The molecule has 3 aliphatic rings. The van der Waals surface area contributed by atoms with Crippen LogP contribution < -0.4 is 35.7 Å². The van der Waals surface area contributed by atoms with Gasteiger partial charge in [0.15, 0.2) is 5.75 Å². The van der Waals surface area contributed by atoms with Gasteiger partial charge in [0, 0.05) is 62.3 Å². The van der Waals surface area contributed by atoms with E-state index in [1.807, 2.05) is 13.0 Å². The Bertz CT molecular complexity index is 2400. The van der Waals surface area contributed by atoms with Crippen LogP contribution in [0.15, 0.2) is 27.3 Å². The number of aromatic hydroxyl groups is 1. The number of fused-ring (bicyclic) bond motifs is 1. The van der Waals surface area contributed by atoms with Crippen LogP contribution in [0.4, 0.5) is 11.4 Å². The first kappa shape index (κ1) is 32.3. The van der Waals surface area contributed by atoms with Crippen molar-refractivity contribution in [1.29, 1.82) is 0 Å². The number of hydrogen-bond donors (Lipinski definition) is 5. The molecule has 5 N–H and O–H groups in total. The number of hydrogen-bond acceptors (Lipinski definition) is 11. The number of ketones is 1. The minimum absolute atomic E-state index is 0.0160. The second-order valence-electron chi connectivity index (χ2n) is 14.2. The quantitative estimate of drug-likeness (QED) is 0.106. The van der Waals surface area contributed by atoms with Crippen LogP contribution in [0.25, 0.3) is 49.2 Å². The van der Waals surface area contributed by atoms with Crippen LogP contribution in [0.2, 0.25) is 0 Å². The molecule has 0 aliphatic heterocycles. The van der Waals surface area contributed by atoms with E-state index in [4.69, 9.17) is 14.2 Å². The number of aliphatic hydroxyl groups is 2. The first-order valence-corrected chi connectivity index (χ1v) is 17.1. The van der Waals surface area contributed by atoms with Gasteiger partial charge in [-0.2, -0.15) is 0 Å². The Labute approximate surface area is 287 Å². The number of Topliss-reactive ketones (excluding diaryl/α,β-unsaturated/α-hetero) is 1. The van der Waals surface area contributed by atoms with E-state index in [1.54, 1.807) is 6.07 Å². The molecule has 0 heterocycles. The maximum atomic E-state index is 14.9. The molecule has 5 unspecified atom stereocenters. The molecular formula is C39H40N2O9. The molecule has 0 bridgehead atoms. The van der Waals surface area contributed by atoms with Crippen LogP contribution >= 0.6 is 0 Å². The molecule has 11 heteroatoms. The predicted octanol–water partition coefficient (Wildman–Crippen LogP) is 5.37. The lowest BCUT2D eigenvalue weighted by Gasteiger charge is -2.26. The van der Waals surface area contributed by atoms with E-state index in [2.05, 4.69) is 10.6 Å².